The number of halogens is 3. The SMILES string of the molecule is CC(CN(C)c1ccnc(C(F)(F)F)c1)C(=N)N. The van der Waals surface area contributed by atoms with E-state index in [-0.39, 0.29) is 11.8 Å². The summed E-state index contributed by atoms with van der Waals surface area (Å²) >= 11 is 0. The van der Waals surface area contributed by atoms with Crippen molar-refractivity contribution in [2.45, 2.75) is 13.1 Å². The maximum atomic E-state index is 12.5. The van der Waals surface area contributed by atoms with E-state index in [2.05, 4.69) is 4.98 Å². The Morgan fingerprint density at radius 3 is 2.67 bits per heavy atom. The highest BCUT2D eigenvalue weighted by Crippen LogP contribution is 2.29. The van der Waals surface area contributed by atoms with Crippen LogP contribution in [0, 0.1) is 11.3 Å². The van der Waals surface area contributed by atoms with E-state index in [1.807, 2.05) is 0 Å². The Hall–Kier alpha value is -1.79. The molecule has 1 rings (SSSR count). The zero-order chi connectivity index (χ0) is 13.9. The molecule has 4 nitrogen and oxygen atoms in total. The van der Waals surface area contributed by atoms with Crippen LogP contribution in [-0.4, -0.2) is 24.4 Å². The van der Waals surface area contributed by atoms with Crippen molar-refractivity contribution in [2.24, 2.45) is 11.7 Å². The van der Waals surface area contributed by atoms with Crippen molar-refractivity contribution in [3.63, 3.8) is 0 Å². The number of nitrogens with one attached hydrogen (secondary N) is 1. The van der Waals surface area contributed by atoms with Crippen LogP contribution in [0.15, 0.2) is 18.3 Å². The number of anilines is 1. The summed E-state index contributed by atoms with van der Waals surface area (Å²) < 4.78 is 37.5. The van der Waals surface area contributed by atoms with Crippen LogP contribution in [0.2, 0.25) is 0 Å². The molecule has 0 spiro atoms. The van der Waals surface area contributed by atoms with E-state index in [0.29, 0.717) is 12.2 Å². The molecule has 1 aromatic heterocycles. The number of rotatable bonds is 4. The summed E-state index contributed by atoms with van der Waals surface area (Å²) in [5.74, 6) is -0.218. The Labute approximate surface area is 103 Å². The van der Waals surface area contributed by atoms with Crippen molar-refractivity contribution in [1.82, 2.24) is 4.98 Å². The summed E-state index contributed by atoms with van der Waals surface area (Å²) in [6.07, 6.45) is -3.34. The highest BCUT2D eigenvalue weighted by molar-refractivity contribution is 5.79. The van der Waals surface area contributed by atoms with Crippen molar-refractivity contribution in [2.75, 3.05) is 18.5 Å². The smallest absolute Gasteiger partial charge is 0.387 e. The minimum atomic E-state index is -4.46. The number of hydrogen-bond acceptors (Lipinski definition) is 3. The molecule has 0 bridgehead atoms. The van der Waals surface area contributed by atoms with Crippen LogP contribution in [0.5, 0.6) is 0 Å². The molecule has 0 aliphatic rings. The summed E-state index contributed by atoms with van der Waals surface area (Å²) in [7, 11) is 1.65. The predicted octanol–water partition coefficient (Wildman–Crippen LogP) is 2.11. The zero-order valence-corrected chi connectivity index (χ0v) is 10.1. The van der Waals surface area contributed by atoms with Gasteiger partial charge in [0.1, 0.15) is 5.69 Å². The first kappa shape index (κ1) is 14.3. The number of alkyl halides is 3. The summed E-state index contributed by atoms with van der Waals surface area (Å²) in [5.41, 5.74) is 4.79. The quantitative estimate of drug-likeness (QED) is 0.643. The van der Waals surface area contributed by atoms with Crippen LogP contribution in [0.4, 0.5) is 18.9 Å². The molecule has 7 heteroatoms. The molecule has 0 fully saturated rings. The van der Waals surface area contributed by atoms with E-state index < -0.39 is 11.9 Å². The van der Waals surface area contributed by atoms with Gasteiger partial charge in [-0.15, -0.1) is 0 Å². The molecule has 3 N–H and O–H groups in total. The maximum Gasteiger partial charge on any atom is 0.433 e. The van der Waals surface area contributed by atoms with E-state index >= 15 is 0 Å². The second kappa shape index (κ2) is 5.24. The highest BCUT2D eigenvalue weighted by atomic mass is 19.4. The molecular formula is C11H15F3N4. The van der Waals surface area contributed by atoms with E-state index in [1.165, 1.54) is 6.07 Å². The first-order valence-electron chi connectivity index (χ1n) is 5.30. The average molecular weight is 260 g/mol. The minimum absolute atomic E-state index is 0.00644. The second-order valence-corrected chi connectivity index (χ2v) is 4.13. The topological polar surface area (TPSA) is 66.0 Å². The highest BCUT2D eigenvalue weighted by Gasteiger charge is 2.32. The third-order valence-electron chi connectivity index (χ3n) is 2.55. The summed E-state index contributed by atoms with van der Waals surface area (Å²) in [6.45, 7) is 2.11. The number of hydrogen-bond donors (Lipinski definition) is 2. The van der Waals surface area contributed by atoms with Crippen molar-refractivity contribution < 1.29 is 13.2 Å². The number of aromatic nitrogens is 1. The Morgan fingerprint density at radius 1 is 1.56 bits per heavy atom. The molecule has 1 atom stereocenters. The lowest BCUT2D eigenvalue weighted by molar-refractivity contribution is -0.141. The van der Waals surface area contributed by atoms with Crippen molar-refractivity contribution in [3.05, 3.63) is 24.0 Å². The molecule has 100 valence electrons. The predicted molar refractivity (Wildman–Crippen MR) is 63.6 cm³/mol. The van der Waals surface area contributed by atoms with Gasteiger partial charge in [0.25, 0.3) is 0 Å². The molecule has 18 heavy (non-hydrogen) atoms. The fourth-order valence-corrected chi connectivity index (χ4v) is 1.43. The van der Waals surface area contributed by atoms with Gasteiger partial charge in [-0.3, -0.25) is 10.4 Å². The first-order chi connectivity index (χ1) is 8.21. The molecule has 1 heterocycles. The lowest BCUT2D eigenvalue weighted by atomic mass is 10.1. The Morgan fingerprint density at radius 2 is 2.17 bits per heavy atom. The Bertz CT molecular complexity index is 431. The molecular weight excluding hydrogens is 245 g/mol. The first-order valence-corrected chi connectivity index (χ1v) is 5.30. The van der Waals surface area contributed by atoms with E-state index in [9.17, 15) is 13.2 Å². The third-order valence-corrected chi connectivity index (χ3v) is 2.55. The van der Waals surface area contributed by atoms with Crippen molar-refractivity contribution in [1.29, 1.82) is 5.41 Å². The largest absolute Gasteiger partial charge is 0.433 e. The monoisotopic (exact) mass is 260 g/mol. The lowest BCUT2D eigenvalue weighted by Gasteiger charge is -2.23. The van der Waals surface area contributed by atoms with Gasteiger partial charge in [0.2, 0.25) is 0 Å². The molecule has 0 aromatic carbocycles. The maximum absolute atomic E-state index is 12.5. The van der Waals surface area contributed by atoms with Gasteiger partial charge in [-0.25, -0.2) is 0 Å². The van der Waals surface area contributed by atoms with E-state index in [1.54, 1.807) is 18.9 Å². The Kier molecular flexibility index (Phi) is 4.15. The third kappa shape index (κ3) is 3.61. The van der Waals surface area contributed by atoms with Gasteiger partial charge in [0, 0.05) is 31.4 Å². The summed E-state index contributed by atoms with van der Waals surface area (Å²) in [6, 6.07) is 2.47. The minimum Gasteiger partial charge on any atom is -0.387 e. The van der Waals surface area contributed by atoms with Gasteiger partial charge >= 0.3 is 6.18 Å². The van der Waals surface area contributed by atoms with Gasteiger partial charge in [-0.1, -0.05) is 6.92 Å². The molecule has 0 aliphatic carbocycles. The zero-order valence-electron chi connectivity index (χ0n) is 10.1. The van der Waals surface area contributed by atoms with Crippen molar-refractivity contribution in [3.8, 4) is 0 Å². The van der Waals surface area contributed by atoms with Gasteiger partial charge < -0.3 is 10.6 Å². The molecule has 1 aromatic rings. The van der Waals surface area contributed by atoms with Crippen LogP contribution >= 0.6 is 0 Å². The Balaban J connectivity index is 2.87. The molecule has 0 saturated carbocycles. The van der Waals surface area contributed by atoms with Crippen LogP contribution in [0.1, 0.15) is 12.6 Å². The van der Waals surface area contributed by atoms with E-state index in [0.717, 1.165) is 12.3 Å². The molecule has 0 amide bonds. The molecule has 0 saturated heterocycles. The fraction of sp³-hybridized carbons (Fsp3) is 0.455. The second-order valence-electron chi connectivity index (χ2n) is 4.13. The van der Waals surface area contributed by atoms with Crippen LogP contribution in [0.25, 0.3) is 0 Å². The number of nitrogens with zero attached hydrogens (tertiary/aromatic N) is 2. The molecule has 0 aliphatic heterocycles. The van der Waals surface area contributed by atoms with Crippen LogP contribution in [-0.2, 0) is 6.18 Å². The van der Waals surface area contributed by atoms with Crippen LogP contribution < -0.4 is 10.6 Å². The fourth-order valence-electron chi connectivity index (χ4n) is 1.43. The normalized spacial score (nSPS) is 13.2. The number of nitrogens with two attached hydrogens (primary N) is 1. The number of amidine groups is 1. The van der Waals surface area contributed by atoms with Gasteiger partial charge in [-0.05, 0) is 12.1 Å². The van der Waals surface area contributed by atoms with E-state index in [4.69, 9.17) is 11.1 Å². The van der Waals surface area contributed by atoms with Crippen LogP contribution in [0.3, 0.4) is 0 Å². The molecule has 1 unspecified atom stereocenters. The van der Waals surface area contributed by atoms with Gasteiger partial charge in [0.05, 0.1) is 5.84 Å². The van der Waals surface area contributed by atoms with Gasteiger partial charge in [-0.2, -0.15) is 13.2 Å². The van der Waals surface area contributed by atoms with Gasteiger partial charge in [0.15, 0.2) is 0 Å². The standard InChI is InChI=1S/C11H15F3N4/c1-7(10(15)16)6-18(2)8-3-4-17-9(5-8)11(12,13)14/h3-5,7H,6H2,1-2H3,(H3,15,16). The number of pyridine rings is 1. The summed E-state index contributed by atoms with van der Waals surface area (Å²) in [4.78, 5) is 4.90. The van der Waals surface area contributed by atoms with Crippen molar-refractivity contribution >= 4 is 11.5 Å². The average Bonchev–Trinajstić information content (AvgIpc) is 2.27. The summed E-state index contributed by atoms with van der Waals surface area (Å²) in [5, 5.41) is 7.26. The lowest BCUT2D eigenvalue weighted by Crippen LogP contribution is -2.32. The molecule has 0 radical (unpaired) electrons.